The number of carbonyl (C=O) groups excluding carboxylic acids is 2. The molecule has 0 aromatic carbocycles. The van der Waals surface area contributed by atoms with Gasteiger partial charge < -0.3 is 20.3 Å². The van der Waals surface area contributed by atoms with E-state index in [1.807, 2.05) is 25.9 Å². The van der Waals surface area contributed by atoms with Crippen molar-refractivity contribution in [2.45, 2.75) is 51.2 Å². The molecule has 1 saturated carbocycles. The Hall–Kier alpha value is -4.08. The number of thiazole rings is 1. The minimum atomic E-state index is -0.864. The van der Waals surface area contributed by atoms with E-state index in [1.165, 1.54) is 22.2 Å². The van der Waals surface area contributed by atoms with E-state index in [2.05, 4.69) is 30.8 Å². The van der Waals surface area contributed by atoms with Crippen LogP contribution in [0.4, 0.5) is 19.3 Å². The largest absolute Gasteiger partial charge is 0.379 e. The Morgan fingerprint density at radius 2 is 1.91 bits per heavy atom. The first kappa shape index (κ1) is 31.3. The van der Waals surface area contributed by atoms with Gasteiger partial charge in [-0.25, -0.2) is 19.2 Å². The molecule has 0 unspecified atom stereocenters. The van der Waals surface area contributed by atoms with Crippen LogP contribution in [0.5, 0.6) is 0 Å². The number of nitrogens with zero attached hydrogens (tertiary/aromatic N) is 7. The Labute approximate surface area is 257 Å². The van der Waals surface area contributed by atoms with Gasteiger partial charge in [0, 0.05) is 36.5 Å². The molecule has 5 rings (SSSR count). The van der Waals surface area contributed by atoms with Gasteiger partial charge >= 0.3 is 6.03 Å². The molecule has 234 valence electrons. The first-order valence-corrected chi connectivity index (χ1v) is 15.4. The van der Waals surface area contributed by atoms with Crippen LogP contribution in [0.25, 0.3) is 22.0 Å². The molecule has 0 bridgehead atoms. The predicted molar refractivity (Wildman–Crippen MR) is 162 cm³/mol. The average Bonchev–Trinajstić information content (AvgIpc) is 3.77. The minimum absolute atomic E-state index is 0.000300. The minimum Gasteiger partial charge on any atom is -0.379 e. The van der Waals surface area contributed by atoms with Crippen LogP contribution < -0.4 is 10.6 Å². The van der Waals surface area contributed by atoms with Crippen molar-refractivity contribution in [1.82, 2.24) is 39.7 Å². The molecule has 2 N–H and O–H groups in total. The van der Waals surface area contributed by atoms with E-state index in [-0.39, 0.29) is 40.9 Å². The van der Waals surface area contributed by atoms with Crippen LogP contribution in [0.1, 0.15) is 55.6 Å². The summed E-state index contributed by atoms with van der Waals surface area (Å²) in [6, 6.07) is 1.54. The number of rotatable bonds is 11. The summed E-state index contributed by atoms with van der Waals surface area (Å²) >= 11 is 1.21. The lowest BCUT2D eigenvalue weighted by molar-refractivity contribution is 0.0260. The number of ether oxygens (including phenoxy) is 1. The van der Waals surface area contributed by atoms with Crippen LogP contribution in [-0.2, 0) is 4.74 Å². The Kier molecular flexibility index (Phi) is 10.1. The number of pyridine rings is 1. The lowest BCUT2D eigenvalue weighted by Crippen LogP contribution is -2.31. The topological polar surface area (TPSA) is 132 Å². The second-order valence-electron chi connectivity index (χ2n) is 10.8. The van der Waals surface area contributed by atoms with E-state index in [0.29, 0.717) is 23.7 Å². The van der Waals surface area contributed by atoms with Crippen LogP contribution in [0.3, 0.4) is 0 Å². The van der Waals surface area contributed by atoms with Gasteiger partial charge in [0.2, 0.25) is 5.95 Å². The fourth-order valence-corrected chi connectivity index (χ4v) is 5.83. The predicted octanol–water partition coefficient (Wildman–Crippen LogP) is 4.83. The monoisotopic (exact) mass is 627 g/mol. The van der Waals surface area contributed by atoms with Crippen molar-refractivity contribution in [3.05, 3.63) is 53.6 Å². The third kappa shape index (κ3) is 7.52. The van der Waals surface area contributed by atoms with Crippen molar-refractivity contribution in [2.24, 2.45) is 0 Å². The van der Waals surface area contributed by atoms with E-state index in [4.69, 9.17) is 4.74 Å². The summed E-state index contributed by atoms with van der Waals surface area (Å²) in [7, 11) is 3.93. The van der Waals surface area contributed by atoms with Gasteiger partial charge in [-0.15, -0.1) is 11.3 Å². The summed E-state index contributed by atoms with van der Waals surface area (Å²) in [5.74, 6) is -2.18. The number of nitrogens with one attached hydrogen (secondary N) is 2. The van der Waals surface area contributed by atoms with Crippen molar-refractivity contribution in [3.8, 4) is 22.0 Å². The molecule has 0 aliphatic heterocycles. The maximum atomic E-state index is 14.8. The standard InChI is InChI=1S/C29H35F2N9O3S/c1-4-43-20-8-6-19(7-9-20)39-16-22(26(37-39)25-21(30)10-11-24(31)36-25)34-27(41)23-17-44-28(35-23)18-14-33-40(15-18)29(42)32-12-5-13-38(2)3/h10-11,14-17,19-20H,4-9,12-13H2,1-3H3,(H,32,42)(H,34,41)/t19-,20-. The molecule has 0 atom stereocenters. The van der Waals surface area contributed by atoms with Gasteiger partial charge in [-0.2, -0.15) is 19.3 Å². The van der Waals surface area contributed by atoms with Gasteiger partial charge in [0.25, 0.3) is 5.91 Å². The third-order valence-corrected chi connectivity index (χ3v) is 8.16. The Morgan fingerprint density at radius 3 is 2.66 bits per heavy atom. The fraction of sp³-hybridized carbons (Fsp3) is 0.448. The molecule has 0 radical (unpaired) electrons. The van der Waals surface area contributed by atoms with Gasteiger partial charge in [-0.05, 0) is 71.8 Å². The zero-order valence-corrected chi connectivity index (χ0v) is 25.6. The molecule has 1 aliphatic carbocycles. The van der Waals surface area contributed by atoms with Crippen LogP contribution in [0.2, 0.25) is 0 Å². The highest BCUT2D eigenvalue weighted by molar-refractivity contribution is 7.13. The second kappa shape index (κ2) is 14.1. The molecule has 4 heterocycles. The molecule has 0 saturated heterocycles. The zero-order valence-electron chi connectivity index (χ0n) is 24.8. The van der Waals surface area contributed by atoms with Crippen molar-refractivity contribution in [3.63, 3.8) is 0 Å². The lowest BCUT2D eigenvalue weighted by atomic mass is 9.93. The van der Waals surface area contributed by atoms with Crippen molar-refractivity contribution >= 4 is 29.0 Å². The molecule has 1 aliphatic rings. The molecule has 44 heavy (non-hydrogen) atoms. The Balaban J connectivity index is 1.31. The number of hydrogen-bond donors (Lipinski definition) is 2. The summed E-state index contributed by atoms with van der Waals surface area (Å²) in [6.07, 6.45) is 8.92. The van der Waals surface area contributed by atoms with E-state index in [0.717, 1.165) is 50.8 Å². The van der Waals surface area contributed by atoms with Crippen molar-refractivity contribution in [1.29, 1.82) is 0 Å². The van der Waals surface area contributed by atoms with E-state index >= 15 is 0 Å². The summed E-state index contributed by atoms with van der Waals surface area (Å²) in [5, 5.41) is 16.3. The quantitative estimate of drug-likeness (QED) is 0.179. The molecular weight excluding hydrogens is 592 g/mol. The molecule has 4 aromatic heterocycles. The first-order valence-electron chi connectivity index (χ1n) is 14.5. The maximum Gasteiger partial charge on any atom is 0.342 e. The van der Waals surface area contributed by atoms with E-state index in [9.17, 15) is 18.4 Å². The van der Waals surface area contributed by atoms with Crippen molar-refractivity contribution < 1.29 is 23.1 Å². The number of anilines is 1. The van der Waals surface area contributed by atoms with Crippen molar-refractivity contribution in [2.75, 3.05) is 39.1 Å². The smallest absolute Gasteiger partial charge is 0.342 e. The van der Waals surface area contributed by atoms with Gasteiger partial charge in [0.15, 0.2) is 5.82 Å². The summed E-state index contributed by atoms with van der Waals surface area (Å²) in [6.45, 7) is 3.97. The number of aromatic nitrogens is 6. The van der Waals surface area contributed by atoms with Crippen LogP contribution >= 0.6 is 11.3 Å². The van der Waals surface area contributed by atoms with Gasteiger partial charge in [-0.3, -0.25) is 9.48 Å². The third-order valence-electron chi connectivity index (χ3n) is 7.27. The number of hydrogen-bond acceptors (Lipinski definition) is 9. The number of carbonyl (C=O) groups is 2. The first-order chi connectivity index (χ1) is 21.2. The van der Waals surface area contributed by atoms with Gasteiger partial charge in [-0.1, -0.05) is 0 Å². The molecule has 12 nitrogen and oxygen atoms in total. The molecule has 0 spiro atoms. The SMILES string of the molecule is CCO[C@H]1CC[C@H](n2cc(NC(=O)c3csc(-c4cnn(C(=O)NCCCN(C)C)c4)n3)c(-c3nc(F)ccc3F)n2)CC1. The highest BCUT2D eigenvalue weighted by atomic mass is 32.1. The number of halogens is 2. The normalized spacial score (nSPS) is 16.8. The Bertz CT molecular complexity index is 1590. The second-order valence-corrected chi connectivity index (χ2v) is 11.6. The van der Waals surface area contributed by atoms with Crippen LogP contribution in [-0.4, -0.2) is 86.3 Å². The molecule has 15 heteroatoms. The highest BCUT2D eigenvalue weighted by Crippen LogP contribution is 2.34. The fourth-order valence-electron chi connectivity index (χ4n) is 5.05. The zero-order chi connectivity index (χ0) is 31.2. The van der Waals surface area contributed by atoms with Crippen LogP contribution in [0.15, 0.2) is 36.1 Å². The van der Waals surface area contributed by atoms with E-state index < -0.39 is 17.7 Å². The summed E-state index contributed by atoms with van der Waals surface area (Å²) in [5.41, 5.74) is 0.588. The number of amides is 2. The molecule has 4 aromatic rings. The van der Waals surface area contributed by atoms with Gasteiger partial charge in [0.1, 0.15) is 22.1 Å². The summed E-state index contributed by atoms with van der Waals surface area (Å²) in [4.78, 5) is 35.9. The van der Waals surface area contributed by atoms with Crippen LogP contribution in [0, 0.1) is 11.8 Å². The summed E-state index contributed by atoms with van der Waals surface area (Å²) < 4.78 is 37.5. The lowest BCUT2D eigenvalue weighted by Gasteiger charge is -2.28. The molecule has 2 amide bonds. The molecular formula is C29H35F2N9O3S. The highest BCUT2D eigenvalue weighted by Gasteiger charge is 2.27. The maximum absolute atomic E-state index is 14.8. The Morgan fingerprint density at radius 1 is 1.11 bits per heavy atom. The molecule has 1 fully saturated rings. The van der Waals surface area contributed by atoms with E-state index in [1.54, 1.807) is 22.5 Å². The van der Waals surface area contributed by atoms with Gasteiger partial charge in [0.05, 0.1) is 24.0 Å². The average molecular weight is 628 g/mol.